The third-order valence-corrected chi connectivity index (χ3v) is 6.68. The van der Waals surface area contributed by atoms with E-state index in [2.05, 4.69) is 9.19 Å². The Hall–Kier alpha value is -2.90. The van der Waals surface area contributed by atoms with Crippen molar-refractivity contribution in [2.75, 3.05) is 5.32 Å². The maximum atomic E-state index is 11.4. The molecule has 0 aliphatic rings. The van der Waals surface area contributed by atoms with Gasteiger partial charge in [0.05, 0.1) is 0 Å². The third-order valence-electron chi connectivity index (χ3n) is 4.12. The number of aliphatic carboxylic acids is 1. The Morgan fingerprint density at radius 2 is 1.63 bits per heavy atom. The van der Waals surface area contributed by atoms with E-state index in [1.165, 1.54) is 30.5 Å². The van der Waals surface area contributed by atoms with Crippen molar-refractivity contribution in [2.45, 2.75) is 19.8 Å². The molecule has 9 heteroatoms. The minimum atomic E-state index is -4.92. The molecule has 0 saturated heterocycles. The van der Waals surface area contributed by atoms with Crippen molar-refractivity contribution < 1.29 is 31.7 Å². The molecule has 1 atom stereocenters. The van der Waals surface area contributed by atoms with Gasteiger partial charge in [0.15, 0.2) is 0 Å². The smallest absolute Gasteiger partial charge is 0.303 e. The first-order valence-corrected chi connectivity index (χ1v) is 12.3. The number of hydrogen-bond acceptors (Lipinski definition) is 5. The standard InChI is InChI=1S/C13H12O2.C8H10AsNO5/c14-13(15)9-8-11-6-3-5-10-4-1-2-7-12(10)11;1-6(11)10-8-5-3-2-4-7(8)9(12,13)15-14/h1-7H,8-9H2,(H,14,15);2-5,14H,1H3,(H,10,11)(H,12,13). The molecule has 1 unspecified atom stereocenters. The number of aryl methyl sites for hydroxylation is 1. The van der Waals surface area contributed by atoms with Crippen molar-refractivity contribution in [1.82, 2.24) is 0 Å². The summed E-state index contributed by atoms with van der Waals surface area (Å²) in [5, 5.41) is 21.6. The van der Waals surface area contributed by atoms with E-state index in [4.69, 9.17) is 10.4 Å². The molecular formula is C21H22AsNO7. The largest absolute Gasteiger partial charge is 0.481 e. The fourth-order valence-corrected chi connectivity index (χ4v) is 4.48. The number of benzene rings is 3. The molecule has 30 heavy (non-hydrogen) atoms. The molecule has 0 saturated carbocycles. The fourth-order valence-electron chi connectivity index (χ4n) is 2.81. The molecular weight excluding hydrogens is 453 g/mol. The molecule has 0 aliphatic carbocycles. The average Bonchev–Trinajstić information content (AvgIpc) is 2.72. The van der Waals surface area contributed by atoms with Crippen LogP contribution >= 0.6 is 0 Å². The molecule has 0 spiro atoms. The molecule has 3 aromatic rings. The SMILES string of the molecule is CC(=O)Nc1ccccc1[As](=O)(O)OO.O=C(O)CCc1cccc2ccccc12. The van der Waals surface area contributed by atoms with Gasteiger partial charge in [0.1, 0.15) is 0 Å². The maximum absolute atomic E-state index is 11.4. The summed E-state index contributed by atoms with van der Waals surface area (Å²) in [6.07, 6.45) is 0.782. The molecule has 0 bridgehead atoms. The second-order valence-electron chi connectivity index (χ2n) is 6.33. The maximum Gasteiger partial charge on any atom is 0.303 e. The Kier molecular flexibility index (Phi) is 8.38. The Bertz CT molecular complexity index is 1080. The molecule has 1 amide bonds. The molecule has 0 heterocycles. The average molecular weight is 475 g/mol. The zero-order valence-electron chi connectivity index (χ0n) is 16.2. The molecule has 0 aliphatic heterocycles. The van der Waals surface area contributed by atoms with Crippen LogP contribution in [0.2, 0.25) is 0 Å². The minimum absolute atomic E-state index is 0.103. The minimum Gasteiger partial charge on any atom is -0.481 e. The number of rotatable bonds is 6. The van der Waals surface area contributed by atoms with Crippen LogP contribution in [-0.2, 0) is 23.6 Å². The molecule has 0 radical (unpaired) electrons. The van der Waals surface area contributed by atoms with Crippen LogP contribution in [0.4, 0.5) is 5.69 Å². The van der Waals surface area contributed by atoms with Crippen LogP contribution < -0.4 is 9.67 Å². The molecule has 4 N–H and O–H groups in total. The first kappa shape index (κ1) is 23.4. The molecule has 0 fully saturated rings. The number of carbonyl (C=O) groups excluding carboxylic acids is 1. The van der Waals surface area contributed by atoms with Gasteiger partial charge in [-0.05, 0) is 22.8 Å². The van der Waals surface area contributed by atoms with Crippen LogP contribution in [0.15, 0.2) is 66.7 Å². The molecule has 0 aromatic heterocycles. The van der Waals surface area contributed by atoms with Gasteiger partial charge in [-0.3, -0.25) is 4.79 Å². The van der Waals surface area contributed by atoms with Crippen LogP contribution in [0.5, 0.6) is 0 Å². The van der Waals surface area contributed by atoms with Crippen LogP contribution in [0.25, 0.3) is 10.8 Å². The van der Waals surface area contributed by atoms with Gasteiger partial charge in [-0.1, -0.05) is 42.5 Å². The number of amides is 1. The van der Waals surface area contributed by atoms with Crippen molar-refractivity contribution in [3.8, 4) is 0 Å². The van der Waals surface area contributed by atoms with Crippen LogP contribution in [0, 0.1) is 0 Å². The number of carbonyl (C=O) groups is 2. The van der Waals surface area contributed by atoms with Crippen molar-refractivity contribution >= 4 is 46.9 Å². The van der Waals surface area contributed by atoms with Crippen molar-refractivity contribution in [2.24, 2.45) is 0 Å². The summed E-state index contributed by atoms with van der Waals surface area (Å²) < 4.78 is 24.1. The van der Waals surface area contributed by atoms with E-state index in [-0.39, 0.29) is 22.4 Å². The Morgan fingerprint density at radius 3 is 2.30 bits per heavy atom. The second-order valence-corrected chi connectivity index (χ2v) is 9.87. The Balaban J connectivity index is 0.000000214. The summed E-state index contributed by atoms with van der Waals surface area (Å²) in [6, 6.07) is 19.9. The zero-order chi connectivity index (χ0) is 22.1. The first-order valence-electron chi connectivity index (χ1n) is 8.96. The Morgan fingerprint density at radius 1 is 1.00 bits per heavy atom. The van der Waals surface area contributed by atoms with Gasteiger partial charge in [0, 0.05) is 6.42 Å². The topological polar surface area (TPSA) is 133 Å². The number of carboxylic acid groups (broad SMARTS) is 1. The summed E-state index contributed by atoms with van der Waals surface area (Å²) in [7, 11) is 0. The molecule has 8 nitrogen and oxygen atoms in total. The van der Waals surface area contributed by atoms with Crippen molar-refractivity contribution in [1.29, 1.82) is 0 Å². The monoisotopic (exact) mass is 475 g/mol. The first-order chi connectivity index (χ1) is 14.2. The molecule has 3 rings (SSSR count). The summed E-state index contributed by atoms with van der Waals surface area (Å²) in [4.78, 5) is 21.3. The summed E-state index contributed by atoms with van der Waals surface area (Å²) in [5.74, 6) is -1.13. The van der Waals surface area contributed by atoms with Crippen molar-refractivity contribution in [3.63, 3.8) is 0 Å². The van der Waals surface area contributed by atoms with Gasteiger partial charge < -0.3 is 5.11 Å². The quantitative estimate of drug-likeness (QED) is 0.245. The summed E-state index contributed by atoms with van der Waals surface area (Å²) in [5.41, 5.74) is 1.26. The Labute approximate surface area is 176 Å². The normalized spacial score (nSPS) is 12.4. The van der Waals surface area contributed by atoms with E-state index in [9.17, 15) is 17.4 Å². The molecule has 3 aromatic carbocycles. The van der Waals surface area contributed by atoms with Gasteiger partial charge >= 0.3 is 94.4 Å². The third kappa shape index (κ3) is 6.57. The number of fused-ring (bicyclic) bond motifs is 1. The van der Waals surface area contributed by atoms with Crippen molar-refractivity contribution in [3.05, 3.63) is 72.3 Å². The number of hydrogen-bond donors (Lipinski definition) is 4. The van der Waals surface area contributed by atoms with E-state index in [0.717, 1.165) is 10.9 Å². The van der Waals surface area contributed by atoms with Crippen LogP contribution in [0.1, 0.15) is 18.9 Å². The van der Waals surface area contributed by atoms with Gasteiger partial charge in [-0.25, -0.2) is 0 Å². The van der Waals surface area contributed by atoms with Crippen LogP contribution in [-0.4, -0.2) is 40.5 Å². The number of nitrogens with one attached hydrogen (secondary N) is 1. The predicted molar refractivity (Wildman–Crippen MR) is 113 cm³/mol. The van der Waals surface area contributed by atoms with E-state index in [0.29, 0.717) is 6.42 Å². The van der Waals surface area contributed by atoms with E-state index < -0.39 is 20.1 Å². The summed E-state index contributed by atoms with van der Waals surface area (Å²) in [6.45, 7) is 1.27. The summed E-state index contributed by atoms with van der Waals surface area (Å²) >= 11 is -4.92. The number of anilines is 1. The van der Waals surface area contributed by atoms with Gasteiger partial charge in [-0.15, -0.1) is 0 Å². The van der Waals surface area contributed by atoms with E-state index >= 15 is 0 Å². The van der Waals surface area contributed by atoms with Gasteiger partial charge in [-0.2, -0.15) is 0 Å². The predicted octanol–water partition coefficient (Wildman–Crippen LogP) is 2.56. The number of para-hydroxylation sites is 1. The van der Waals surface area contributed by atoms with E-state index in [1.807, 2.05) is 42.5 Å². The van der Waals surface area contributed by atoms with Gasteiger partial charge in [0.2, 0.25) is 0 Å². The van der Waals surface area contributed by atoms with Gasteiger partial charge in [0.25, 0.3) is 0 Å². The fraction of sp³-hybridized carbons (Fsp3) is 0.143. The molecule has 158 valence electrons. The number of carboxylic acids is 1. The zero-order valence-corrected chi connectivity index (χ0v) is 18.1. The second kappa shape index (κ2) is 10.8. The van der Waals surface area contributed by atoms with E-state index in [1.54, 1.807) is 6.07 Å². The van der Waals surface area contributed by atoms with Crippen LogP contribution in [0.3, 0.4) is 0 Å².